The maximum Gasteiger partial charge on any atom is 0.323 e. The summed E-state index contributed by atoms with van der Waals surface area (Å²) in [7, 11) is 0. The highest BCUT2D eigenvalue weighted by molar-refractivity contribution is 5.73. The molecule has 1 atom stereocenters. The van der Waals surface area contributed by atoms with Gasteiger partial charge in [0.25, 0.3) is 5.89 Å². The normalized spacial score (nSPS) is 13.8. The first-order chi connectivity index (χ1) is 25.5. The van der Waals surface area contributed by atoms with Gasteiger partial charge in [0.05, 0.1) is 26.4 Å². The van der Waals surface area contributed by atoms with E-state index in [9.17, 15) is 15.0 Å². The van der Waals surface area contributed by atoms with Crippen LogP contribution in [0, 0.1) is 6.92 Å². The number of nitrogens with one attached hydrogen (secondary N) is 1. The molecule has 0 saturated carbocycles. The Morgan fingerprint density at radius 3 is 2.46 bits per heavy atom. The molecule has 5 aromatic rings. The fourth-order valence-electron chi connectivity index (χ4n) is 5.89. The quantitative estimate of drug-likeness (QED) is 0.0987. The number of aliphatic hydroxyl groups excluding tert-OH is 1. The number of carboxylic acid groups (broad SMARTS) is 1. The second-order valence-electron chi connectivity index (χ2n) is 12.4. The molecular weight excluding hydrogens is 664 g/mol. The molecule has 0 bridgehead atoms. The molecular formula is C40H44N4O8. The van der Waals surface area contributed by atoms with Gasteiger partial charge < -0.3 is 33.6 Å². The molecule has 0 unspecified atom stereocenters. The molecule has 6 rings (SSSR count). The van der Waals surface area contributed by atoms with Gasteiger partial charge in [-0.1, -0.05) is 54.6 Å². The van der Waals surface area contributed by atoms with E-state index in [1.807, 2.05) is 54.6 Å². The lowest BCUT2D eigenvalue weighted by atomic mass is 9.96. The predicted molar refractivity (Wildman–Crippen MR) is 194 cm³/mol. The Hall–Kier alpha value is -5.27. The Balaban J connectivity index is 1.11. The number of aliphatic hydroxyl groups is 1. The highest BCUT2D eigenvalue weighted by atomic mass is 16.5. The maximum absolute atomic E-state index is 11.5. The summed E-state index contributed by atoms with van der Waals surface area (Å²) in [6.07, 6.45) is 0.956. The zero-order chi connectivity index (χ0) is 36.1. The molecule has 0 amide bonds. The van der Waals surface area contributed by atoms with Gasteiger partial charge in [-0.15, -0.1) is 10.2 Å². The molecule has 1 aliphatic rings. The van der Waals surface area contributed by atoms with Crippen molar-refractivity contribution < 1.29 is 38.4 Å². The molecule has 3 N–H and O–H groups in total. The van der Waals surface area contributed by atoms with Gasteiger partial charge in [-0.05, 0) is 65.9 Å². The fraction of sp³-hybridized carbons (Fsp3) is 0.325. The van der Waals surface area contributed by atoms with E-state index in [2.05, 4.69) is 45.5 Å². The summed E-state index contributed by atoms with van der Waals surface area (Å²) < 4.78 is 29.8. The Labute approximate surface area is 302 Å². The largest absolute Gasteiger partial charge is 0.494 e. The van der Waals surface area contributed by atoms with E-state index in [0.717, 1.165) is 72.8 Å². The number of nitrogens with zero attached hydrogens (tertiary/aromatic N) is 3. The van der Waals surface area contributed by atoms with E-state index in [1.165, 1.54) is 0 Å². The van der Waals surface area contributed by atoms with Crippen LogP contribution in [-0.4, -0.2) is 83.4 Å². The molecule has 2 heterocycles. The van der Waals surface area contributed by atoms with Crippen molar-refractivity contribution in [3.8, 4) is 39.8 Å². The third-order valence-electron chi connectivity index (χ3n) is 8.87. The number of rotatable bonds is 18. The van der Waals surface area contributed by atoms with Gasteiger partial charge in [0.1, 0.15) is 29.9 Å². The van der Waals surface area contributed by atoms with Gasteiger partial charge in [-0.25, -0.2) is 0 Å². The number of aromatic nitrogens is 2. The van der Waals surface area contributed by atoms with Crippen LogP contribution in [0.4, 0.5) is 0 Å². The zero-order valence-electron chi connectivity index (χ0n) is 29.2. The number of hydrogen-bond acceptors (Lipinski definition) is 11. The van der Waals surface area contributed by atoms with E-state index in [0.29, 0.717) is 36.2 Å². The van der Waals surface area contributed by atoms with Crippen LogP contribution in [0.2, 0.25) is 0 Å². The summed E-state index contributed by atoms with van der Waals surface area (Å²) in [6.45, 7) is 7.16. The minimum atomic E-state index is -1.15. The minimum Gasteiger partial charge on any atom is -0.494 e. The van der Waals surface area contributed by atoms with Gasteiger partial charge in [0.15, 0.2) is 6.61 Å². The van der Waals surface area contributed by atoms with Crippen LogP contribution >= 0.6 is 0 Å². The van der Waals surface area contributed by atoms with E-state index >= 15 is 0 Å². The molecule has 272 valence electrons. The average molecular weight is 709 g/mol. The third kappa shape index (κ3) is 9.95. The summed E-state index contributed by atoms with van der Waals surface area (Å²) in [5.74, 6) is 1.34. The third-order valence-corrected chi connectivity index (χ3v) is 8.87. The zero-order valence-corrected chi connectivity index (χ0v) is 29.2. The number of aliphatic carboxylic acids is 1. The van der Waals surface area contributed by atoms with Crippen LogP contribution in [0.5, 0.6) is 17.2 Å². The molecule has 0 radical (unpaired) electrons. The summed E-state index contributed by atoms with van der Waals surface area (Å²) in [6, 6.07) is 28.0. The highest BCUT2D eigenvalue weighted by Crippen LogP contribution is 2.31. The van der Waals surface area contributed by atoms with Gasteiger partial charge in [-0.3, -0.25) is 15.0 Å². The smallest absolute Gasteiger partial charge is 0.323 e. The Morgan fingerprint density at radius 1 is 0.865 bits per heavy atom. The topological polar surface area (TPSA) is 149 Å². The first-order valence-corrected chi connectivity index (χ1v) is 17.4. The van der Waals surface area contributed by atoms with Crippen molar-refractivity contribution in [2.24, 2.45) is 0 Å². The van der Waals surface area contributed by atoms with Crippen molar-refractivity contribution in [2.75, 3.05) is 46.1 Å². The SMILES string of the molecule is Cc1c(COc2ccc(CN[C@H](CO)C(=O)O)c(OCc3nnc(-c4ccccc4)o3)c2)cccc1-c1cccc(OCCCN2CCOCC2)c1. The molecule has 1 fully saturated rings. The summed E-state index contributed by atoms with van der Waals surface area (Å²) in [5.41, 5.74) is 5.73. The second kappa shape index (κ2) is 18.3. The molecule has 1 aliphatic heterocycles. The highest BCUT2D eigenvalue weighted by Gasteiger charge is 2.18. The van der Waals surface area contributed by atoms with Crippen LogP contribution in [0.15, 0.2) is 95.4 Å². The van der Waals surface area contributed by atoms with E-state index in [4.69, 9.17) is 23.4 Å². The lowest BCUT2D eigenvalue weighted by molar-refractivity contribution is -0.140. The van der Waals surface area contributed by atoms with Crippen LogP contribution in [0.1, 0.15) is 29.0 Å². The fourth-order valence-corrected chi connectivity index (χ4v) is 5.89. The van der Waals surface area contributed by atoms with Crippen LogP contribution in [0.3, 0.4) is 0 Å². The predicted octanol–water partition coefficient (Wildman–Crippen LogP) is 5.51. The molecule has 0 spiro atoms. The van der Waals surface area contributed by atoms with Crippen molar-refractivity contribution in [1.82, 2.24) is 20.4 Å². The lowest BCUT2D eigenvalue weighted by Crippen LogP contribution is -2.39. The van der Waals surface area contributed by atoms with Crippen molar-refractivity contribution in [3.63, 3.8) is 0 Å². The van der Waals surface area contributed by atoms with E-state index < -0.39 is 18.6 Å². The summed E-state index contributed by atoms with van der Waals surface area (Å²) in [5, 5.41) is 30.0. The van der Waals surface area contributed by atoms with Crippen LogP contribution in [0.25, 0.3) is 22.6 Å². The molecule has 1 aromatic heterocycles. The van der Waals surface area contributed by atoms with Gasteiger partial charge in [0, 0.05) is 43.4 Å². The molecule has 4 aromatic carbocycles. The van der Waals surface area contributed by atoms with E-state index in [-0.39, 0.29) is 19.0 Å². The Morgan fingerprint density at radius 2 is 1.65 bits per heavy atom. The summed E-state index contributed by atoms with van der Waals surface area (Å²) in [4.78, 5) is 13.9. The minimum absolute atomic E-state index is 0.0174. The Kier molecular flexibility index (Phi) is 12.8. The molecule has 12 heteroatoms. The number of morpholine rings is 1. The average Bonchev–Trinajstić information content (AvgIpc) is 3.66. The van der Waals surface area contributed by atoms with Crippen LogP contribution in [-0.2, 0) is 29.3 Å². The van der Waals surface area contributed by atoms with Crippen molar-refractivity contribution in [2.45, 2.75) is 39.1 Å². The monoisotopic (exact) mass is 708 g/mol. The molecule has 52 heavy (non-hydrogen) atoms. The van der Waals surface area contributed by atoms with Crippen molar-refractivity contribution in [3.05, 3.63) is 114 Å². The number of carboxylic acids is 1. The van der Waals surface area contributed by atoms with Gasteiger partial charge in [-0.2, -0.15) is 0 Å². The Bertz CT molecular complexity index is 1890. The first-order valence-electron chi connectivity index (χ1n) is 17.4. The molecule has 0 aliphatic carbocycles. The van der Waals surface area contributed by atoms with Gasteiger partial charge >= 0.3 is 5.97 Å². The number of benzene rings is 4. The van der Waals surface area contributed by atoms with E-state index in [1.54, 1.807) is 18.2 Å². The number of hydrogen-bond donors (Lipinski definition) is 3. The number of carbonyl (C=O) groups is 1. The lowest BCUT2D eigenvalue weighted by Gasteiger charge is -2.26. The van der Waals surface area contributed by atoms with Crippen LogP contribution < -0.4 is 19.5 Å². The number of ether oxygens (including phenoxy) is 4. The van der Waals surface area contributed by atoms with Crippen molar-refractivity contribution in [1.29, 1.82) is 0 Å². The molecule has 1 saturated heterocycles. The maximum atomic E-state index is 11.5. The summed E-state index contributed by atoms with van der Waals surface area (Å²) >= 11 is 0. The molecule has 12 nitrogen and oxygen atoms in total. The standard InChI is InChI=1S/C40H44N4O8/c1-28-32(11-6-13-35(28)30-10-5-12-33(22-30)49-19-7-16-44-17-20-48-21-18-44)26-50-34-15-14-31(24-41-36(25-45)40(46)47)37(23-34)51-27-38-42-43-39(52-38)29-8-3-2-4-9-29/h2-6,8-15,22-23,36,41,45H,7,16-21,24-27H2,1H3,(H,46,47)/t36-/m1/s1. The van der Waals surface area contributed by atoms with Gasteiger partial charge in [0.2, 0.25) is 5.89 Å². The second-order valence-corrected chi connectivity index (χ2v) is 12.4. The van der Waals surface area contributed by atoms with Crippen molar-refractivity contribution >= 4 is 5.97 Å². The first kappa shape index (κ1) is 36.5.